The fourth-order valence-electron chi connectivity index (χ4n) is 4.07. The van der Waals surface area contributed by atoms with Gasteiger partial charge in [0.2, 0.25) is 11.4 Å². The molecule has 0 atom stereocenters. The summed E-state index contributed by atoms with van der Waals surface area (Å²) in [4.78, 5) is -0.431. The van der Waals surface area contributed by atoms with E-state index in [-0.39, 0.29) is 15.5 Å². The van der Waals surface area contributed by atoms with Crippen LogP contribution in [-0.4, -0.2) is 31.0 Å². The molecule has 1 aromatic heterocycles. The number of aromatic nitrogens is 1. The maximum absolute atomic E-state index is 11.6. The van der Waals surface area contributed by atoms with Gasteiger partial charge < -0.3 is 5.11 Å². The van der Waals surface area contributed by atoms with Gasteiger partial charge in [0.1, 0.15) is 12.3 Å². The van der Waals surface area contributed by atoms with Gasteiger partial charge in [0.15, 0.2) is 0 Å². The van der Waals surface area contributed by atoms with Crippen LogP contribution in [0.25, 0.3) is 33.6 Å². The molecule has 0 aliphatic rings. The van der Waals surface area contributed by atoms with Crippen LogP contribution >= 0.6 is 0 Å². The lowest BCUT2D eigenvalue weighted by molar-refractivity contribution is -0.675. The summed E-state index contributed by atoms with van der Waals surface area (Å²) < 4.78 is 67.1. The van der Waals surface area contributed by atoms with E-state index in [0.29, 0.717) is 17.7 Å². The summed E-state index contributed by atoms with van der Waals surface area (Å²) in [6.07, 6.45) is 1.75. The minimum absolute atomic E-state index is 0.125. The molecule has 192 valence electrons. The fraction of sp³-hybridized carbons (Fsp3) is 0.148. The van der Waals surface area contributed by atoms with Gasteiger partial charge in [-0.1, -0.05) is 25.5 Å². The largest absolute Gasteiger partial charge is 0.508 e. The molecule has 0 unspecified atom stereocenters. The smallest absolute Gasteiger partial charge is 0.294 e. The van der Waals surface area contributed by atoms with Gasteiger partial charge in [-0.05, 0) is 71.8 Å². The topological polar surface area (TPSA) is 133 Å². The standard InChI is InChI=1S/C27H25NO7S2/c1-2-3-16-28-26(20-6-12-24(13-7-20)36(30,31)32)17-22(19-4-10-23(29)11-5-19)18-27(28)21-8-14-25(15-9-21)37(33,34)35/h4-15,17-18H,2-3,16H2,1H3,(H2,30,31,32,33,34,35)/p+1. The van der Waals surface area contributed by atoms with Crippen LogP contribution in [0, 0.1) is 0 Å². The zero-order chi connectivity index (χ0) is 26.8. The molecule has 8 nitrogen and oxygen atoms in total. The third kappa shape index (κ3) is 6.05. The van der Waals surface area contributed by atoms with Crippen LogP contribution < -0.4 is 4.57 Å². The van der Waals surface area contributed by atoms with Crippen molar-refractivity contribution in [3.05, 3.63) is 84.9 Å². The summed E-state index contributed by atoms with van der Waals surface area (Å²) in [5.41, 5.74) is 4.60. The SMILES string of the molecule is CCCC[n+]1c(-c2ccc(S(=O)(=O)O)cc2)cc(-c2ccc(O)cc2)cc1-c1ccc(S(=O)(=O)O)cc1. The summed E-state index contributed by atoms with van der Waals surface area (Å²) >= 11 is 0. The molecule has 4 aromatic rings. The van der Waals surface area contributed by atoms with Crippen molar-refractivity contribution in [2.24, 2.45) is 0 Å². The molecule has 37 heavy (non-hydrogen) atoms. The predicted molar refractivity (Wildman–Crippen MR) is 139 cm³/mol. The monoisotopic (exact) mass is 540 g/mol. The van der Waals surface area contributed by atoms with Crippen LogP contribution in [-0.2, 0) is 26.8 Å². The van der Waals surface area contributed by atoms with E-state index in [1.807, 2.05) is 12.1 Å². The molecule has 0 saturated heterocycles. The Balaban J connectivity index is 1.98. The molecular weight excluding hydrogens is 514 g/mol. The average molecular weight is 541 g/mol. The first-order valence-electron chi connectivity index (χ1n) is 11.5. The molecule has 0 saturated carbocycles. The van der Waals surface area contributed by atoms with Crippen molar-refractivity contribution in [1.29, 1.82) is 0 Å². The highest BCUT2D eigenvalue weighted by molar-refractivity contribution is 7.86. The highest BCUT2D eigenvalue weighted by atomic mass is 32.2. The Labute approximate surface area is 216 Å². The minimum atomic E-state index is -4.35. The predicted octanol–water partition coefficient (Wildman–Crippen LogP) is 4.97. The van der Waals surface area contributed by atoms with Crippen molar-refractivity contribution in [2.75, 3.05) is 0 Å². The van der Waals surface area contributed by atoms with Crippen molar-refractivity contribution in [3.8, 4) is 39.4 Å². The van der Waals surface area contributed by atoms with E-state index in [1.165, 1.54) is 24.3 Å². The first-order valence-corrected chi connectivity index (χ1v) is 14.4. The number of pyridine rings is 1. The maximum atomic E-state index is 11.6. The third-order valence-electron chi connectivity index (χ3n) is 6.00. The molecule has 0 bridgehead atoms. The quantitative estimate of drug-likeness (QED) is 0.212. The Hall–Kier alpha value is -3.57. The first kappa shape index (κ1) is 26.5. The van der Waals surface area contributed by atoms with E-state index in [1.54, 1.807) is 48.5 Å². The Morgan fingerprint density at radius 2 is 1.03 bits per heavy atom. The Kier molecular flexibility index (Phi) is 7.47. The zero-order valence-corrected chi connectivity index (χ0v) is 21.6. The number of aromatic hydroxyl groups is 1. The Morgan fingerprint density at radius 1 is 0.622 bits per heavy atom. The molecule has 0 aliphatic heterocycles. The summed E-state index contributed by atoms with van der Waals surface area (Å²) in [5, 5.41) is 9.75. The number of unbranched alkanes of at least 4 members (excludes halogenated alkanes) is 1. The molecule has 0 radical (unpaired) electrons. The van der Waals surface area contributed by atoms with Gasteiger partial charge in [-0.25, -0.2) is 0 Å². The highest BCUT2D eigenvalue weighted by Crippen LogP contribution is 2.31. The lowest BCUT2D eigenvalue weighted by Gasteiger charge is -2.13. The van der Waals surface area contributed by atoms with Crippen molar-refractivity contribution >= 4 is 20.2 Å². The van der Waals surface area contributed by atoms with Crippen LogP contribution in [0.5, 0.6) is 5.75 Å². The first-order chi connectivity index (χ1) is 17.5. The van der Waals surface area contributed by atoms with E-state index in [2.05, 4.69) is 11.5 Å². The van der Waals surface area contributed by atoms with Crippen molar-refractivity contribution in [1.82, 2.24) is 0 Å². The zero-order valence-electron chi connectivity index (χ0n) is 19.9. The van der Waals surface area contributed by atoms with Crippen LogP contribution in [0.2, 0.25) is 0 Å². The van der Waals surface area contributed by atoms with Crippen LogP contribution in [0.4, 0.5) is 0 Å². The lowest BCUT2D eigenvalue weighted by Crippen LogP contribution is -2.39. The fourth-order valence-corrected chi connectivity index (χ4v) is 5.03. The van der Waals surface area contributed by atoms with Gasteiger partial charge in [-0.2, -0.15) is 21.4 Å². The number of phenols is 1. The number of rotatable bonds is 8. The van der Waals surface area contributed by atoms with Gasteiger partial charge in [0.05, 0.1) is 9.79 Å². The molecule has 3 aromatic carbocycles. The second-order valence-electron chi connectivity index (χ2n) is 8.57. The second kappa shape index (κ2) is 10.4. The van der Waals surface area contributed by atoms with Gasteiger partial charge in [0.25, 0.3) is 20.2 Å². The molecule has 0 aliphatic carbocycles. The molecular formula is C27H26NO7S2+. The molecule has 3 N–H and O–H groups in total. The number of phenolic OH excluding ortho intramolecular Hbond substituents is 1. The number of hydrogen-bond donors (Lipinski definition) is 3. The van der Waals surface area contributed by atoms with Gasteiger partial charge in [-0.15, -0.1) is 0 Å². The normalized spacial score (nSPS) is 12.0. The molecule has 0 amide bonds. The van der Waals surface area contributed by atoms with E-state index in [0.717, 1.165) is 35.4 Å². The number of nitrogens with zero attached hydrogens (tertiary/aromatic N) is 1. The average Bonchev–Trinajstić information content (AvgIpc) is 2.86. The van der Waals surface area contributed by atoms with Crippen molar-refractivity contribution in [2.45, 2.75) is 36.1 Å². The Morgan fingerprint density at radius 3 is 1.41 bits per heavy atom. The van der Waals surface area contributed by atoms with Gasteiger partial charge in [-0.3, -0.25) is 9.11 Å². The number of hydrogen-bond acceptors (Lipinski definition) is 5. The van der Waals surface area contributed by atoms with Crippen molar-refractivity contribution in [3.63, 3.8) is 0 Å². The third-order valence-corrected chi connectivity index (χ3v) is 7.73. The van der Waals surface area contributed by atoms with E-state index in [4.69, 9.17) is 0 Å². The van der Waals surface area contributed by atoms with Gasteiger partial charge >= 0.3 is 0 Å². The highest BCUT2D eigenvalue weighted by Gasteiger charge is 2.23. The maximum Gasteiger partial charge on any atom is 0.294 e. The van der Waals surface area contributed by atoms with E-state index in [9.17, 15) is 31.0 Å². The second-order valence-corrected chi connectivity index (χ2v) is 11.4. The lowest BCUT2D eigenvalue weighted by atomic mass is 9.98. The van der Waals surface area contributed by atoms with Crippen LogP contribution in [0.3, 0.4) is 0 Å². The van der Waals surface area contributed by atoms with E-state index < -0.39 is 20.2 Å². The van der Waals surface area contributed by atoms with Crippen LogP contribution in [0.15, 0.2) is 94.7 Å². The summed E-state index contributed by atoms with van der Waals surface area (Å²) in [7, 11) is -8.70. The minimum Gasteiger partial charge on any atom is -0.508 e. The summed E-state index contributed by atoms with van der Waals surface area (Å²) in [5.74, 6) is 0.125. The summed E-state index contributed by atoms with van der Waals surface area (Å²) in [6, 6.07) is 22.4. The molecule has 4 rings (SSSR count). The van der Waals surface area contributed by atoms with E-state index >= 15 is 0 Å². The molecule has 0 spiro atoms. The van der Waals surface area contributed by atoms with Gasteiger partial charge in [0, 0.05) is 29.7 Å². The van der Waals surface area contributed by atoms with Crippen LogP contribution in [0.1, 0.15) is 19.8 Å². The molecule has 1 heterocycles. The van der Waals surface area contributed by atoms with Crippen molar-refractivity contribution < 1.29 is 35.6 Å². The number of benzene rings is 3. The summed E-state index contributed by atoms with van der Waals surface area (Å²) in [6.45, 7) is 2.68. The molecule has 10 heteroatoms. The Bertz CT molecular complexity index is 1530. The molecule has 0 fully saturated rings.